The van der Waals surface area contributed by atoms with E-state index in [4.69, 9.17) is 9.47 Å². The van der Waals surface area contributed by atoms with Crippen molar-refractivity contribution in [3.63, 3.8) is 0 Å². The average Bonchev–Trinajstić information content (AvgIpc) is 2.67. The molecule has 1 N–H and O–H groups in total. The van der Waals surface area contributed by atoms with Gasteiger partial charge in [-0.3, -0.25) is 0 Å². The number of piperidine rings is 1. The summed E-state index contributed by atoms with van der Waals surface area (Å²) in [7, 11) is 0. The molecule has 2 aromatic carbocycles. The van der Waals surface area contributed by atoms with Gasteiger partial charge in [-0.15, -0.1) is 0 Å². The van der Waals surface area contributed by atoms with E-state index in [1.807, 2.05) is 82.3 Å². The number of carbonyl (C=O) groups excluding carboxylic acids is 1. The molecule has 0 radical (unpaired) electrons. The van der Waals surface area contributed by atoms with E-state index in [1.165, 1.54) is 0 Å². The summed E-state index contributed by atoms with van der Waals surface area (Å²) < 4.78 is 11.7. The quantitative estimate of drug-likeness (QED) is 0.830. The van der Waals surface area contributed by atoms with Gasteiger partial charge in [-0.25, -0.2) is 4.79 Å². The highest BCUT2D eigenvalue weighted by molar-refractivity contribution is 5.68. The number of nitrogens with zero attached hydrogens (tertiary/aromatic N) is 1. The molecule has 156 valence electrons. The molecule has 1 aliphatic rings. The normalized spacial score (nSPS) is 22.4. The molecule has 1 aliphatic heterocycles. The molecule has 2 aromatic rings. The Morgan fingerprint density at radius 3 is 2.41 bits per heavy atom. The van der Waals surface area contributed by atoms with E-state index in [0.717, 1.165) is 16.7 Å². The molecule has 2 atom stereocenters. The number of aryl methyl sites for hydroxylation is 1. The first-order chi connectivity index (χ1) is 13.7. The van der Waals surface area contributed by atoms with Crippen molar-refractivity contribution in [1.82, 2.24) is 4.90 Å². The van der Waals surface area contributed by atoms with E-state index in [-0.39, 0.29) is 12.6 Å². The maximum Gasteiger partial charge on any atom is 0.410 e. The van der Waals surface area contributed by atoms with Crippen LogP contribution in [0.1, 0.15) is 43.9 Å². The Morgan fingerprint density at radius 2 is 1.79 bits per heavy atom. The fraction of sp³-hybridized carbons (Fsp3) is 0.458. The molecular formula is C24H31NO4. The Bertz CT molecular complexity index is 813. The molecule has 0 aliphatic carbocycles. The van der Waals surface area contributed by atoms with E-state index in [2.05, 4.69) is 0 Å². The summed E-state index contributed by atoms with van der Waals surface area (Å²) >= 11 is 0. The maximum atomic E-state index is 12.6. The second-order valence-electron chi connectivity index (χ2n) is 8.75. The molecule has 5 heteroatoms. The van der Waals surface area contributed by atoms with E-state index in [0.29, 0.717) is 19.6 Å². The zero-order chi connectivity index (χ0) is 21.1. The predicted molar refractivity (Wildman–Crippen MR) is 113 cm³/mol. The molecule has 1 fully saturated rings. The van der Waals surface area contributed by atoms with Crippen molar-refractivity contribution in [2.45, 2.75) is 58.0 Å². The van der Waals surface area contributed by atoms with Crippen LogP contribution >= 0.6 is 0 Å². The van der Waals surface area contributed by atoms with Crippen molar-refractivity contribution >= 4 is 6.09 Å². The number of ether oxygens (including phenoxy) is 2. The van der Waals surface area contributed by atoms with Gasteiger partial charge in [-0.2, -0.15) is 0 Å². The highest BCUT2D eigenvalue weighted by Crippen LogP contribution is 2.36. The Kier molecular flexibility index (Phi) is 6.30. The molecule has 1 amide bonds. The van der Waals surface area contributed by atoms with Crippen LogP contribution in [0.15, 0.2) is 54.6 Å². The number of benzene rings is 2. The maximum absolute atomic E-state index is 12.6. The van der Waals surface area contributed by atoms with Crippen LogP contribution in [0.2, 0.25) is 0 Å². The Labute approximate surface area is 173 Å². The van der Waals surface area contributed by atoms with Crippen molar-refractivity contribution in [1.29, 1.82) is 0 Å². The number of aliphatic hydroxyl groups is 1. The fourth-order valence-electron chi connectivity index (χ4n) is 3.54. The van der Waals surface area contributed by atoms with Gasteiger partial charge in [-0.1, -0.05) is 60.2 Å². The largest absolute Gasteiger partial charge is 0.444 e. The van der Waals surface area contributed by atoms with Crippen molar-refractivity contribution in [3.05, 3.63) is 71.3 Å². The lowest BCUT2D eigenvalue weighted by Crippen LogP contribution is -2.56. The highest BCUT2D eigenvalue weighted by atomic mass is 16.6. The van der Waals surface area contributed by atoms with Crippen LogP contribution in [-0.4, -0.2) is 40.9 Å². The zero-order valence-corrected chi connectivity index (χ0v) is 17.7. The number of amides is 1. The first kappa shape index (κ1) is 21.3. The molecular weight excluding hydrogens is 366 g/mol. The lowest BCUT2D eigenvalue weighted by atomic mass is 9.81. The summed E-state index contributed by atoms with van der Waals surface area (Å²) in [6.45, 7) is 8.60. The standard InChI is InChI=1S/C24H31NO4/c1-18-10-12-20(13-11-18)24(27)14-15-25(22(26)29-23(2,3)4)16-21(24)28-17-19-8-6-5-7-9-19/h5-13,21,27H,14-17H2,1-4H3/t21-,24-/m1/s1. The molecule has 0 saturated carbocycles. The highest BCUT2D eigenvalue weighted by Gasteiger charge is 2.45. The minimum Gasteiger partial charge on any atom is -0.444 e. The van der Waals surface area contributed by atoms with Crippen LogP contribution in [0.4, 0.5) is 4.79 Å². The lowest BCUT2D eigenvalue weighted by Gasteiger charge is -2.44. The second kappa shape index (κ2) is 8.56. The number of carbonyl (C=O) groups is 1. The van der Waals surface area contributed by atoms with Crippen LogP contribution < -0.4 is 0 Å². The summed E-state index contributed by atoms with van der Waals surface area (Å²) in [6, 6.07) is 17.7. The Hall–Kier alpha value is -2.37. The number of hydrogen-bond donors (Lipinski definition) is 1. The van der Waals surface area contributed by atoms with Gasteiger partial charge < -0.3 is 19.5 Å². The second-order valence-corrected chi connectivity index (χ2v) is 8.75. The van der Waals surface area contributed by atoms with Gasteiger partial charge in [0, 0.05) is 13.0 Å². The predicted octanol–water partition coefficient (Wildman–Crippen LogP) is 4.41. The molecule has 0 bridgehead atoms. The summed E-state index contributed by atoms with van der Waals surface area (Å²) in [5, 5.41) is 11.6. The Balaban J connectivity index is 1.81. The molecule has 1 saturated heterocycles. The monoisotopic (exact) mass is 397 g/mol. The van der Waals surface area contributed by atoms with E-state index in [9.17, 15) is 9.90 Å². The van der Waals surface area contributed by atoms with E-state index < -0.39 is 17.3 Å². The molecule has 5 nitrogen and oxygen atoms in total. The molecule has 3 rings (SSSR count). The van der Waals surface area contributed by atoms with Gasteiger partial charge in [0.05, 0.1) is 13.2 Å². The summed E-state index contributed by atoms with van der Waals surface area (Å²) in [5.41, 5.74) is 1.23. The average molecular weight is 398 g/mol. The fourth-order valence-corrected chi connectivity index (χ4v) is 3.54. The molecule has 0 aromatic heterocycles. The van der Waals surface area contributed by atoms with Gasteiger partial charge in [-0.05, 0) is 38.8 Å². The lowest BCUT2D eigenvalue weighted by molar-refractivity contribution is -0.154. The van der Waals surface area contributed by atoms with Gasteiger partial charge in [0.2, 0.25) is 0 Å². The van der Waals surface area contributed by atoms with Gasteiger partial charge >= 0.3 is 6.09 Å². The summed E-state index contributed by atoms with van der Waals surface area (Å²) in [4.78, 5) is 14.2. The number of hydrogen-bond acceptors (Lipinski definition) is 4. The van der Waals surface area contributed by atoms with Crippen molar-refractivity contribution in [2.24, 2.45) is 0 Å². The van der Waals surface area contributed by atoms with E-state index in [1.54, 1.807) is 4.90 Å². The first-order valence-electron chi connectivity index (χ1n) is 10.1. The van der Waals surface area contributed by atoms with Crippen LogP contribution in [0.3, 0.4) is 0 Å². The molecule has 0 unspecified atom stereocenters. The summed E-state index contributed by atoms with van der Waals surface area (Å²) in [5.74, 6) is 0. The topological polar surface area (TPSA) is 59.0 Å². The number of rotatable bonds is 4. The van der Waals surface area contributed by atoms with Gasteiger partial charge in [0.15, 0.2) is 0 Å². The van der Waals surface area contributed by atoms with Crippen LogP contribution in [0.25, 0.3) is 0 Å². The minimum absolute atomic E-state index is 0.270. The van der Waals surface area contributed by atoms with E-state index >= 15 is 0 Å². The molecule has 0 spiro atoms. The minimum atomic E-state index is -1.17. The Morgan fingerprint density at radius 1 is 1.14 bits per heavy atom. The summed E-state index contributed by atoms with van der Waals surface area (Å²) in [6.07, 6.45) is -0.558. The van der Waals surface area contributed by atoms with Crippen molar-refractivity contribution in [2.75, 3.05) is 13.1 Å². The van der Waals surface area contributed by atoms with Crippen LogP contribution in [0.5, 0.6) is 0 Å². The van der Waals surface area contributed by atoms with Crippen molar-refractivity contribution in [3.8, 4) is 0 Å². The third kappa shape index (κ3) is 5.37. The van der Waals surface area contributed by atoms with Crippen LogP contribution in [0, 0.1) is 6.92 Å². The zero-order valence-electron chi connectivity index (χ0n) is 17.7. The van der Waals surface area contributed by atoms with Gasteiger partial charge in [0.1, 0.15) is 17.3 Å². The van der Waals surface area contributed by atoms with Crippen molar-refractivity contribution < 1.29 is 19.4 Å². The smallest absolute Gasteiger partial charge is 0.410 e. The first-order valence-corrected chi connectivity index (χ1v) is 10.1. The third-order valence-corrected chi connectivity index (χ3v) is 5.18. The molecule has 29 heavy (non-hydrogen) atoms. The van der Waals surface area contributed by atoms with Crippen LogP contribution in [-0.2, 0) is 21.7 Å². The number of likely N-dealkylation sites (tertiary alicyclic amines) is 1. The SMILES string of the molecule is Cc1ccc([C@]2(O)CCN(C(=O)OC(C)(C)C)C[C@H]2OCc2ccccc2)cc1. The van der Waals surface area contributed by atoms with Gasteiger partial charge in [0.25, 0.3) is 0 Å². The molecule has 1 heterocycles. The third-order valence-electron chi connectivity index (χ3n) is 5.18.